The molecule has 0 aliphatic rings. The van der Waals surface area contributed by atoms with E-state index < -0.39 is 23.7 Å². The van der Waals surface area contributed by atoms with Crippen molar-refractivity contribution >= 4 is 5.91 Å². The lowest BCUT2D eigenvalue weighted by Crippen LogP contribution is -2.35. The van der Waals surface area contributed by atoms with E-state index in [2.05, 4.69) is 5.32 Å². The summed E-state index contributed by atoms with van der Waals surface area (Å²) in [6.45, 7) is 4.35. The maximum Gasteiger partial charge on any atom is 0.416 e. The number of carbonyl (C=O) groups is 1. The van der Waals surface area contributed by atoms with Gasteiger partial charge in [-0.05, 0) is 30.2 Å². The third kappa shape index (κ3) is 4.55. The van der Waals surface area contributed by atoms with E-state index in [-0.39, 0.29) is 11.5 Å². The summed E-state index contributed by atoms with van der Waals surface area (Å²) in [5.41, 5.74) is 4.67. The van der Waals surface area contributed by atoms with Crippen molar-refractivity contribution in [3.05, 3.63) is 35.4 Å². The Labute approximate surface area is 110 Å². The van der Waals surface area contributed by atoms with Gasteiger partial charge in [0.15, 0.2) is 0 Å². The molecule has 0 spiro atoms. The zero-order valence-corrected chi connectivity index (χ0v) is 10.8. The topological polar surface area (TPSA) is 55.1 Å². The number of rotatable bonds is 5. The smallest absolute Gasteiger partial charge is 0.368 e. The van der Waals surface area contributed by atoms with Gasteiger partial charge < -0.3 is 11.1 Å². The highest BCUT2D eigenvalue weighted by Crippen LogP contribution is 2.30. The van der Waals surface area contributed by atoms with Crippen molar-refractivity contribution in [1.29, 1.82) is 0 Å². The van der Waals surface area contributed by atoms with Crippen molar-refractivity contribution in [1.82, 2.24) is 5.32 Å². The maximum atomic E-state index is 12.6. The number of carbonyl (C=O) groups excluding carboxylic acids is 1. The fourth-order valence-corrected chi connectivity index (χ4v) is 1.63. The predicted octanol–water partition coefficient (Wildman–Crippen LogP) is 2.48. The second kappa shape index (κ2) is 6.06. The van der Waals surface area contributed by atoms with Gasteiger partial charge in [-0.25, -0.2) is 0 Å². The molecule has 1 unspecified atom stereocenters. The van der Waals surface area contributed by atoms with Gasteiger partial charge in [-0.2, -0.15) is 13.2 Å². The summed E-state index contributed by atoms with van der Waals surface area (Å²) in [6, 6.07) is 3.72. The molecule has 0 radical (unpaired) electrons. The number of benzene rings is 1. The minimum Gasteiger partial charge on any atom is -0.368 e. The number of alkyl halides is 3. The summed E-state index contributed by atoms with van der Waals surface area (Å²) in [6.07, 6.45) is -4.43. The second-order valence-electron chi connectivity index (χ2n) is 4.76. The molecule has 3 nitrogen and oxygen atoms in total. The van der Waals surface area contributed by atoms with Crippen LogP contribution in [0, 0.1) is 5.92 Å². The number of primary amides is 1. The molecule has 1 aromatic carbocycles. The van der Waals surface area contributed by atoms with Crippen LogP contribution < -0.4 is 11.1 Å². The van der Waals surface area contributed by atoms with Gasteiger partial charge in [0, 0.05) is 0 Å². The summed E-state index contributed by atoms with van der Waals surface area (Å²) < 4.78 is 37.8. The third-order valence-corrected chi connectivity index (χ3v) is 2.56. The molecule has 0 saturated carbocycles. The van der Waals surface area contributed by atoms with Crippen molar-refractivity contribution in [2.75, 3.05) is 6.54 Å². The Hall–Kier alpha value is -1.56. The van der Waals surface area contributed by atoms with Crippen LogP contribution in [0.4, 0.5) is 13.2 Å². The van der Waals surface area contributed by atoms with E-state index >= 15 is 0 Å². The van der Waals surface area contributed by atoms with Crippen LogP contribution in [0.15, 0.2) is 24.3 Å². The van der Waals surface area contributed by atoms with E-state index in [4.69, 9.17) is 5.73 Å². The van der Waals surface area contributed by atoms with Crippen molar-refractivity contribution in [2.24, 2.45) is 11.7 Å². The number of amides is 1. The van der Waals surface area contributed by atoms with E-state index in [0.717, 1.165) is 12.1 Å². The number of nitrogens with one attached hydrogen (secondary N) is 1. The average molecular weight is 274 g/mol. The average Bonchev–Trinajstić information content (AvgIpc) is 2.27. The molecule has 0 saturated heterocycles. The van der Waals surface area contributed by atoms with Crippen LogP contribution in [0.25, 0.3) is 0 Å². The molecule has 0 aliphatic carbocycles. The summed E-state index contributed by atoms with van der Waals surface area (Å²) >= 11 is 0. The van der Waals surface area contributed by atoms with E-state index in [1.807, 2.05) is 13.8 Å². The van der Waals surface area contributed by atoms with Crippen LogP contribution in [0.2, 0.25) is 0 Å². The Balaban J connectivity index is 3.00. The van der Waals surface area contributed by atoms with Crippen LogP contribution in [-0.4, -0.2) is 12.5 Å². The Morgan fingerprint density at radius 3 is 2.47 bits per heavy atom. The number of nitrogens with two attached hydrogens (primary N) is 1. The van der Waals surface area contributed by atoms with E-state index in [9.17, 15) is 18.0 Å². The molecule has 0 aliphatic heterocycles. The van der Waals surface area contributed by atoms with Crippen molar-refractivity contribution < 1.29 is 18.0 Å². The first-order valence-corrected chi connectivity index (χ1v) is 5.91. The second-order valence-corrected chi connectivity index (χ2v) is 4.76. The molecule has 1 aromatic rings. The zero-order chi connectivity index (χ0) is 14.6. The molecule has 1 atom stereocenters. The summed E-state index contributed by atoms with van der Waals surface area (Å²) in [5.74, 6) is -0.437. The molecular formula is C13H17F3N2O. The monoisotopic (exact) mass is 274 g/mol. The predicted molar refractivity (Wildman–Crippen MR) is 66.2 cm³/mol. The van der Waals surface area contributed by atoms with E-state index in [1.54, 1.807) is 0 Å². The first-order valence-electron chi connectivity index (χ1n) is 5.91. The van der Waals surface area contributed by atoms with Gasteiger partial charge in [0.25, 0.3) is 0 Å². The van der Waals surface area contributed by atoms with Gasteiger partial charge >= 0.3 is 6.18 Å². The van der Waals surface area contributed by atoms with Gasteiger partial charge in [0.2, 0.25) is 5.91 Å². The molecule has 106 valence electrons. The number of halogens is 3. The molecule has 19 heavy (non-hydrogen) atoms. The third-order valence-electron chi connectivity index (χ3n) is 2.56. The lowest BCUT2D eigenvalue weighted by molar-refractivity contribution is -0.137. The Kier molecular flexibility index (Phi) is 4.94. The molecule has 1 rings (SSSR count). The minimum atomic E-state index is -4.43. The Morgan fingerprint density at radius 2 is 2.00 bits per heavy atom. The molecule has 6 heteroatoms. The van der Waals surface area contributed by atoms with Gasteiger partial charge in [-0.1, -0.05) is 26.0 Å². The van der Waals surface area contributed by atoms with Crippen LogP contribution >= 0.6 is 0 Å². The quantitative estimate of drug-likeness (QED) is 0.866. The highest BCUT2D eigenvalue weighted by molar-refractivity contribution is 5.81. The molecule has 0 bridgehead atoms. The molecule has 1 amide bonds. The summed E-state index contributed by atoms with van der Waals surface area (Å²) in [4.78, 5) is 11.4. The Bertz CT molecular complexity index is 444. The first kappa shape index (κ1) is 15.5. The first-order chi connectivity index (χ1) is 8.71. The SMILES string of the molecule is CC(C)CNC(C(N)=O)c1cccc(C(F)(F)F)c1. The summed E-state index contributed by atoms with van der Waals surface area (Å²) in [5, 5.41) is 2.87. The lowest BCUT2D eigenvalue weighted by atomic mass is 10.0. The Morgan fingerprint density at radius 1 is 1.37 bits per heavy atom. The molecule has 3 N–H and O–H groups in total. The molecular weight excluding hydrogens is 257 g/mol. The van der Waals surface area contributed by atoms with E-state index in [0.29, 0.717) is 6.54 Å². The fraction of sp³-hybridized carbons (Fsp3) is 0.462. The highest BCUT2D eigenvalue weighted by Gasteiger charge is 2.31. The zero-order valence-electron chi connectivity index (χ0n) is 10.8. The van der Waals surface area contributed by atoms with Crippen molar-refractivity contribution in [3.8, 4) is 0 Å². The highest BCUT2D eigenvalue weighted by atomic mass is 19.4. The van der Waals surface area contributed by atoms with Gasteiger partial charge in [-0.15, -0.1) is 0 Å². The maximum absolute atomic E-state index is 12.6. The largest absolute Gasteiger partial charge is 0.416 e. The van der Waals surface area contributed by atoms with Crippen molar-refractivity contribution in [2.45, 2.75) is 26.1 Å². The van der Waals surface area contributed by atoms with Gasteiger partial charge in [0.05, 0.1) is 5.56 Å². The standard InChI is InChI=1S/C13H17F3N2O/c1-8(2)7-18-11(12(17)19)9-4-3-5-10(6-9)13(14,15)16/h3-6,8,11,18H,7H2,1-2H3,(H2,17,19). The van der Waals surface area contributed by atoms with Gasteiger partial charge in [0.1, 0.15) is 6.04 Å². The van der Waals surface area contributed by atoms with Gasteiger partial charge in [-0.3, -0.25) is 4.79 Å². The normalized spacial score (nSPS) is 13.6. The van der Waals surface area contributed by atoms with Crippen LogP contribution in [0.5, 0.6) is 0 Å². The van der Waals surface area contributed by atoms with E-state index in [1.165, 1.54) is 12.1 Å². The molecule has 0 fully saturated rings. The van der Waals surface area contributed by atoms with Crippen molar-refractivity contribution in [3.63, 3.8) is 0 Å². The minimum absolute atomic E-state index is 0.225. The number of hydrogen-bond acceptors (Lipinski definition) is 2. The number of hydrogen-bond donors (Lipinski definition) is 2. The summed E-state index contributed by atoms with van der Waals surface area (Å²) in [7, 11) is 0. The lowest BCUT2D eigenvalue weighted by Gasteiger charge is -2.18. The molecule has 0 aromatic heterocycles. The molecule has 0 heterocycles. The van der Waals surface area contributed by atoms with Crippen LogP contribution in [0.3, 0.4) is 0 Å². The van der Waals surface area contributed by atoms with Crippen LogP contribution in [0.1, 0.15) is 31.0 Å². The fourth-order valence-electron chi connectivity index (χ4n) is 1.63. The van der Waals surface area contributed by atoms with Crippen LogP contribution in [-0.2, 0) is 11.0 Å².